The summed E-state index contributed by atoms with van der Waals surface area (Å²) in [5, 5.41) is 3.01. The lowest BCUT2D eigenvalue weighted by molar-refractivity contribution is -0.119. The van der Waals surface area contributed by atoms with E-state index in [1.54, 1.807) is 11.8 Å². The molecule has 1 atom stereocenters. The number of amides is 1. The molecular formula is C17H27NO2S. The van der Waals surface area contributed by atoms with Crippen molar-refractivity contribution in [3.63, 3.8) is 0 Å². The van der Waals surface area contributed by atoms with E-state index in [2.05, 4.69) is 45.1 Å². The van der Waals surface area contributed by atoms with Crippen molar-refractivity contribution in [3.8, 4) is 5.75 Å². The van der Waals surface area contributed by atoms with E-state index < -0.39 is 0 Å². The first-order chi connectivity index (χ1) is 9.91. The second kappa shape index (κ2) is 8.98. The second-order valence-corrected chi connectivity index (χ2v) is 6.83. The topological polar surface area (TPSA) is 38.3 Å². The van der Waals surface area contributed by atoms with Crippen molar-refractivity contribution >= 4 is 17.7 Å². The molecule has 0 aliphatic carbocycles. The van der Waals surface area contributed by atoms with Gasteiger partial charge in [-0.1, -0.05) is 32.0 Å². The highest BCUT2D eigenvalue weighted by atomic mass is 32.2. The summed E-state index contributed by atoms with van der Waals surface area (Å²) in [7, 11) is 0. The largest absolute Gasteiger partial charge is 0.492 e. The maximum Gasteiger partial charge on any atom is 0.230 e. The molecular weight excluding hydrogens is 282 g/mol. The van der Waals surface area contributed by atoms with Gasteiger partial charge in [0.2, 0.25) is 5.91 Å². The van der Waals surface area contributed by atoms with Crippen LogP contribution in [0.1, 0.15) is 31.9 Å². The molecule has 0 radical (unpaired) electrons. The number of carbonyl (C=O) groups is 1. The minimum atomic E-state index is 0.105. The smallest absolute Gasteiger partial charge is 0.230 e. The lowest BCUT2D eigenvalue weighted by Gasteiger charge is -2.17. The van der Waals surface area contributed by atoms with Crippen molar-refractivity contribution in [1.82, 2.24) is 5.32 Å². The summed E-state index contributed by atoms with van der Waals surface area (Å²) in [6, 6.07) is 6.36. The van der Waals surface area contributed by atoms with Crippen molar-refractivity contribution in [2.75, 3.05) is 18.1 Å². The Bertz CT molecular complexity index is 440. The van der Waals surface area contributed by atoms with Gasteiger partial charge in [0.15, 0.2) is 0 Å². The molecule has 118 valence electrons. The number of hydrogen-bond donors (Lipinski definition) is 1. The maximum absolute atomic E-state index is 11.7. The van der Waals surface area contributed by atoms with Crippen molar-refractivity contribution < 1.29 is 9.53 Å². The van der Waals surface area contributed by atoms with Crippen molar-refractivity contribution in [1.29, 1.82) is 0 Å². The van der Waals surface area contributed by atoms with Crippen molar-refractivity contribution in [2.45, 2.75) is 40.7 Å². The third-order valence-electron chi connectivity index (χ3n) is 3.50. The van der Waals surface area contributed by atoms with Crippen LogP contribution in [0, 0.1) is 19.8 Å². The lowest BCUT2D eigenvalue weighted by atomic mass is 10.1. The van der Waals surface area contributed by atoms with Crippen molar-refractivity contribution in [2.24, 2.45) is 5.92 Å². The molecule has 0 spiro atoms. The highest BCUT2D eigenvalue weighted by Crippen LogP contribution is 2.22. The Morgan fingerprint density at radius 3 is 2.43 bits per heavy atom. The molecule has 0 heterocycles. The number of benzene rings is 1. The SMILES string of the molecule is Cc1cccc(C)c1OCCSCC(=O)NC(C)C(C)C. The molecule has 1 unspecified atom stereocenters. The summed E-state index contributed by atoms with van der Waals surface area (Å²) in [4.78, 5) is 11.7. The van der Waals surface area contributed by atoms with Crippen LogP contribution in [0.4, 0.5) is 0 Å². The zero-order valence-electron chi connectivity index (χ0n) is 13.7. The average Bonchev–Trinajstić information content (AvgIpc) is 2.41. The van der Waals surface area contributed by atoms with Gasteiger partial charge in [0.05, 0.1) is 12.4 Å². The second-order valence-electron chi connectivity index (χ2n) is 5.72. The highest BCUT2D eigenvalue weighted by Gasteiger charge is 2.10. The zero-order chi connectivity index (χ0) is 15.8. The summed E-state index contributed by atoms with van der Waals surface area (Å²) in [5.74, 6) is 2.85. The molecule has 4 heteroatoms. The molecule has 1 aromatic carbocycles. The summed E-state index contributed by atoms with van der Waals surface area (Å²) in [6.07, 6.45) is 0. The Hall–Kier alpha value is -1.16. The summed E-state index contributed by atoms with van der Waals surface area (Å²) >= 11 is 1.61. The summed E-state index contributed by atoms with van der Waals surface area (Å²) < 4.78 is 5.82. The van der Waals surface area contributed by atoms with E-state index >= 15 is 0 Å². The van der Waals surface area contributed by atoms with Crippen molar-refractivity contribution in [3.05, 3.63) is 29.3 Å². The van der Waals surface area contributed by atoms with Gasteiger partial charge < -0.3 is 10.1 Å². The quantitative estimate of drug-likeness (QED) is 0.746. The monoisotopic (exact) mass is 309 g/mol. The molecule has 0 aromatic heterocycles. The number of ether oxygens (including phenoxy) is 1. The molecule has 0 saturated heterocycles. The first kappa shape index (κ1) is 17.9. The van der Waals surface area contributed by atoms with E-state index in [1.165, 1.54) is 0 Å². The van der Waals surface area contributed by atoms with E-state index in [4.69, 9.17) is 4.74 Å². The molecule has 0 aliphatic rings. The number of nitrogens with one attached hydrogen (secondary N) is 1. The molecule has 1 N–H and O–H groups in total. The fraction of sp³-hybridized carbons (Fsp3) is 0.588. The van der Waals surface area contributed by atoms with E-state index in [1.807, 2.05) is 13.0 Å². The molecule has 1 amide bonds. The van der Waals surface area contributed by atoms with E-state index in [0.717, 1.165) is 22.6 Å². The van der Waals surface area contributed by atoms with Crippen LogP contribution in [0.25, 0.3) is 0 Å². The standard InChI is InChI=1S/C17H27NO2S/c1-12(2)15(5)18-16(19)11-21-10-9-20-17-13(3)7-6-8-14(17)4/h6-8,12,15H,9-11H2,1-5H3,(H,18,19). The van der Waals surface area contributed by atoms with Gasteiger partial charge in [0.25, 0.3) is 0 Å². The fourth-order valence-corrected chi connectivity index (χ4v) is 2.47. The molecule has 0 saturated carbocycles. The van der Waals surface area contributed by atoms with Gasteiger partial charge in [-0.15, -0.1) is 11.8 Å². The van der Waals surface area contributed by atoms with E-state index in [-0.39, 0.29) is 11.9 Å². The third-order valence-corrected chi connectivity index (χ3v) is 4.43. The Balaban J connectivity index is 2.22. The Kier molecular flexibility index (Phi) is 7.65. The zero-order valence-corrected chi connectivity index (χ0v) is 14.5. The van der Waals surface area contributed by atoms with Crippen LogP contribution in [-0.4, -0.2) is 30.1 Å². The Morgan fingerprint density at radius 2 is 1.86 bits per heavy atom. The summed E-state index contributed by atoms with van der Waals surface area (Å²) in [5.41, 5.74) is 2.31. The first-order valence-corrected chi connectivity index (χ1v) is 8.63. The number of aryl methyl sites for hydroxylation is 2. The van der Waals surface area contributed by atoms with Crippen LogP contribution in [0.2, 0.25) is 0 Å². The van der Waals surface area contributed by atoms with Crippen LogP contribution in [0.3, 0.4) is 0 Å². The molecule has 1 aromatic rings. The summed E-state index contributed by atoms with van der Waals surface area (Å²) in [6.45, 7) is 11.0. The fourth-order valence-electron chi connectivity index (χ4n) is 1.86. The van der Waals surface area contributed by atoms with Crippen LogP contribution >= 0.6 is 11.8 Å². The first-order valence-electron chi connectivity index (χ1n) is 7.48. The van der Waals surface area contributed by atoms with Crippen LogP contribution in [0.15, 0.2) is 18.2 Å². The predicted molar refractivity (Wildman–Crippen MR) is 91.2 cm³/mol. The normalized spacial score (nSPS) is 12.3. The molecule has 0 fully saturated rings. The lowest BCUT2D eigenvalue weighted by Crippen LogP contribution is -2.37. The van der Waals surface area contributed by atoms with Gasteiger partial charge >= 0.3 is 0 Å². The third kappa shape index (κ3) is 6.42. The van der Waals surface area contributed by atoms with Crippen LogP contribution in [0.5, 0.6) is 5.75 Å². The van der Waals surface area contributed by atoms with Gasteiger partial charge in [0, 0.05) is 11.8 Å². The number of thioether (sulfide) groups is 1. The van der Waals surface area contributed by atoms with E-state index in [9.17, 15) is 4.79 Å². The minimum Gasteiger partial charge on any atom is -0.492 e. The Morgan fingerprint density at radius 1 is 1.24 bits per heavy atom. The maximum atomic E-state index is 11.7. The van der Waals surface area contributed by atoms with Gasteiger partial charge in [-0.25, -0.2) is 0 Å². The van der Waals surface area contributed by atoms with Gasteiger partial charge in [-0.2, -0.15) is 0 Å². The number of rotatable bonds is 8. The number of carbonyl (C=O) groups excluding carboxylic acids is 1. The van der Waals surface area contributed by atoms with Crippen LogP contribution in [-0.2, 0) is 4.79 Å². The van der Waals surface area contributed by atoms with Crippen LogP contribution < -0.4 is 10.1 Å². The van der Waals surface area contributed by atoms with Gasteiger partial charge in [-0.3, -0.25) is 4.79 Å². The predicted octanol–water partition coefficient (Wildman–Crippen LogP) is 3.58. The molecule has 0 bridgehead atoms. The number of para-hydroxylation sites is 1. The molecule has 3 nitrogen and oxygen atoms in total. The number of hydrogen-bond acceptors (Lipinski definition) is 3. The van der Waals surface area contributed by atoms with E-state index in [0.29, 0.717) is 18.3 Å². The molecule has 21 heavy (non-hydrogen) atoms. The molecule has 1 rings (SSSR count). The molecule has 0 aliphatic heterocycles. The van der Waals surface area contributed by atoms with Gasteiger partial charge in [0.1, 0.15) is 5.75 Å². The average molecular weight is 309 g/mol. The van der Waals surface area contributed by atoms with Gasteiger partial charge in [-0.05, 0) is 37.8 Å². The Labute approximate surface area is 132 Å². The highest BCUT2D eigenvalue weighted by molar-refractivity contribution is 7.99. The minimum absolute atomic E-state index is 0.105.